The van der Waals surface area contributed by atoms with Gasteiger partial charge in [-0.05, 0) is 12.1 Å². The highest BCUT2D eigenvalue weighted by atomic mass is 16.5. The SMILES string of the molecule is C=CCn1c(CCC(=O)OC)nc2ccccc21. The number of hydrogen-bond acceptors (Lipinski definition) is 3. The summed E-state index contributed by atoms with van der Waals surface area (Å²) in [6, 6.07) is 7.93. The van der Waals surface area contributed by atoms with Crippen molar-refractivity contribution in [1.82, 2.24) is 9.55 Å². The molecular weight excluding hydrogens is 228 g/mol. The molecule has 18 heavy (non-hydrogen) atoms. The third-order valence-electron chi connectivity index (χ3n) is 2.83. The number of carbonyl (C=O) groups excluding carboxylic acids is 1. The van der Waals surface area contributed by atoms with Crippen molar-refractivity contribution >= 4 is 17.0 Å². The smallest absolute Gasteiger partial charge is 0.305 e. The second kappa shape index (κ2) is 5.49. The Morgan fingerprint density at radius 1 is 1.50 bits per heavy atom. The van der Waals surface area contributed by atoms with Crippen LogP contribution in [0.25, 0.3) is 11.0 Å². The Kier molecular flexibility index (Phi) is 3.77. The van der Waals surface area contributed by atoms with E-state index in [1.165, 1.54) is 7.11 Å². The van der Waals surface area contributed by atoms with Gasteiger partial charge in [-0.1, -0.05) is 18.2 Å². The highest BCUT2D eigenvalue weighted by Gasteiger charge is 2.11. The van der Waals surface area contributed by atoms with E-state index < -0.39 is 0 Å². The first-order valence-electron chi connectivity index (χ1n) is 5.88. The van der Waals surface area contributed by atoms with E-state index in [2.05, 4.69) is 20.9 Å². The van der Waals surface area contributed by atoms with Crippen LogP contribution in [-0.2, 0) is 22.5 Å². The van der Waals surface area contributed by atoms with E-state index >= 15 is 0 Å². The minimum absolute atomic E-state index is 0.216. The predicted octanol–water partition coefficient (Wildman–Crippen LogP) is 2.33. The Bertz CT molecular complexity index is 572. The fraction of sp³-hybridized carbons (Fsp3) is 0.286. The van der Waals surface area contributed by atoms with Crippen LogP contribution in [-0.4, -0.2) is 22.6 Å². The monoisotopic (exact) mass is 244 g/mol. The summed E-state index contributed by atoms with van der Waals surface area (Å²) in [4.78, 5) is 15.7. The molecule has 0 N–H and O–H groups in total. The zero-order chi connectivity index (χ0) is 13.0. The van der Waals surface area contributed by atoms with E-state index in [1.807, 2.05) is 30.3 Å². The molecular formula is C14H16N2O2. The molecule has 0 saturated carbocycles. The topological polar surface area (TPSA) is 44.1 Å². The van der Waals surface area contributed by atoms with Crippen molar-refractivity contribution in [1.29, 1.82) is 0 Å². The number of hydrogen-bond donors (Lipinski definition) is 0. The van der Waals surface area contributed by atoms with Crippen molar-refractivity contribution in [2.24, 2.45) is 0 Å². The number of allylic oxidation sites excluding steroid dienone is 1. The molecule has 0 unspecified atom stereocenters. The lowest BCUT2D eigenvalue weighted by Gasteiger charge is -2.05. The maximum atomic E-state index is 11.2. The lowest BCUT2D eigenvalue weighted by atomic mass is 10.3. The number of benzene rings is 1. The van der Waals surface area contributed by atoms with Gasteiger partial charge in [-0.2, -0.15) is 0 Å². The Balaban J connectivity index is 2.33. The molecule has 0 aliphatic heterocycles. The molecule has 1 aromatic carbocycles. The van der Waals surface area contributed by atoms with Crippen LogP contribution in [0.15, 0.2) is 36.9 Å². The molecule has 0 aliphatic rings. The maximum absolute atomic E-state index is 11.2. The third-order valence-corrected chi connectivity index (χ3v) is 2.83. The van der Waals surface area contributed by atoms with Gasteiger partial charge in [0, 0.05) is 13.0 Å². The summed E-state index contributed by atoms with van der Waals surface area (Å²) in [5.41, 5.74) is 2.01. The average molecular weight is 244 g/mol. The zero-order valence-electron chi connectivity index (χ0n) is 10.4. The fourth-order valence-corrected chi connectivity index (χ4v) is 1.96. The third kappa shape index (κ3) is 2.42. The summed E-state index contributed by atoms with van der Waals surface area (Å²) in [5, 5.41) is 0. The molecule has 0 amide bonds. The van der Waals surface area contributed by atoms with Crippen molar-refractivity contribution in [2.75, 3.05) is 7.11 Å². The number of aryl methyl sites for hydroxylation is 1. The van der Waals surface area contributed by atoms with E-state index in [0.717, 1.165) is 16.9 Å². The van der Waals surface area contributed by atoms with Gasteiger partial charge in [0.1, 0.15) is 5.82 Å². The number of para-hydroxylation sites is 2. The number of fused-ring (bicyclic) bond motifs is 1. The molecule has 0 saturated heterocycles. The van der Waals surface area contributed by atoms with Crippen LogP contribution < -0.4 is 0 Å². The molecule has 0 spiro atoms. The minimum Gasteiger partial charge on any atom is -0.469 e. The number of esters is 1. The number of nitrogens with zero attached hydrogens (tertiary/aromatic N) is 2. The van der Waals surface area contributed by atoms with E-state index in [4.69, 9.17) is 0 Å². The molecule has 0 fully saturated rings. The van der Waals surface area contributed by atoms with Gasteiger partial charge < -0.3 is 9.30 Å². The van der Waals surface area contributed by atoms with Crippen molar-refractivity contribution in [3.05, 3.63) is 42.7 Å². The first kappa shape index (κ1) is 12.4. The van der Waals surface area contributed by atoms with E-state index in [1.54, 1.807) is 0 Å². The van der Waals surface area contributed by atoms with E-state index in [9.17, 15) is 4.79 Å². The van der Waals surface area contributed by atoms with E-state index in [-0.39, 0.29) is 5.97 Å². The zero-order valence-corrected chi connectivity index (χ0v) is 10.4. The lowest BCUT2D eigenvalue weighted by molar-refractivity contribution is -0.140. The predicted molar refractivity (Wildman–Crippen MR) is 70.3 cm³/mol. The van der Waals surface area contributed by atoms with Crippen LogP contribution in [0, 0.1) is 0 Å². The molecule has 2 aromatic rings. The fourth-order valence-electron chi connectivity index (χ4n) is 1.96. The number of carbonyl (C=O) groups is 1. The number of ether oxygens (including phenoxy) is 1. The van der Waals surface area contributed by atoms with Crippen LogP contribution in [0.1, 0.15) is 12.2 Å². The highest BCUT2D eigenvalue weighted by molar-refractivity contribution is 5.76. The van der Waals surface area contributed by atoms with Crippen LogP contribution in [0.5, 0.6) is 0 Å². The summed E-state index contributed by atoms with van der Waals surface area (Å²) in [7, 11) is 1.40. The first-order valence-corrected chi connectivity index (χ1v) is 5.88. The van der Waals surface area contributed by atoms with Crippen molar-refractivity contribution in [2.45, 2.75) is 19.4 Å². The van der Waals surface area contributed by atoms with Gasteiger partial charge in [0.15, 0.2) is 0 Å². The van der Waals surface area contributed by atoms with Gasteiger partial charge in [-0.15, -0.1) is 6.58 Å². The van der Waals surface area contributed by atoms with E-state index in [0.29, 0.717) is 19.4 Å². The molecule has 0 bridgehead atoms. The van der Waals surface area contributed by atoms with Gasteiger partial charge in [0.2, 0.25) is 0 Å². The molecule has 0 aliphatic carbocycles. The standard InChI is InChI=1S/C14H16N2O2/c1-3-10-16-12-7-5-4-6-11(12)15-13(16)8-9-14(17)18-2/h3-7H,1,8-10H2,2H3. The van der Waals surface area contributed by atoms with Gasteiger partial charge in [0.05, 0.1) is 24.6 Å². The van der Waals surface area contributed by atoms with Crippen LogP contribution in [0.3, 0.4) is 0 Å². The Morgan fingerprint density at radius 3 is 3.00 bits per heavy atom. The normalized spacial score (nSPS) is 10.5. The molecule has 4 nitrogen and oxygen atoms in total. The molecule has 94 valence electrons. The lowest BCUT2D eigenvalue weighted by Crippen LogP contribution is -2.07. The second-order valence-electron chi connectivity index (χ2n) is 3.99. The molecule has 0 radical (unpaired) electrons. The molecule has 1 aromatic heterocycles. The number of methoxy groups -OCH3 is 1. The molecule has 4 heteroatoms. The van der Waals surface area contributed by atoms with Crippen molar-refractivity contribution < 1.29 is 9.53 Å². The van der Waals surface area contributed by atoms with Crippen LogP contribution in [0.2, 0.25) is 0 Å². The maximum Gasteiger partial charge on any atom is 0.305 e. The molecule has 0 atom stereocenters. The largest absolute Gasteiger partial charge is 0.469 e. The van der Waals surface area contributed by atoms with Gasteiger partial charge in [-0.25, -0.2) is 4.98 Å². The molecule has 2 rings (SSSR count). The average Bonchev–Trinajstić information content (AvgIpc) is 2.75. The summed E-state index contributed by atoms with van der Waals surface area (Å²) in [6.45, 7) is 4.45. The Hall–Kier alpha value is -2.10. The number of imidazole rings is 1. The number of rotatable bonds is 5. The first-order chi connectivity index (χ1) is 8.76. The summed E-state index contributed by atoms with van der Waals surface area (Å²) >= 11 is 0. The van der Waals surface area contributed by atoms with Gasteiger partial charge in [-0.3, -0.25) is 4.79 Å². The summed E-state index contributed by atoms with van der Waals surface area (Å²) in [5.74, 6) is 0.675. The Morgan fingerprint density at radius 2 is 2.28 bits per heavy atom. The van der Waals surface area contributed by atoms with Crippen molar-refractivity contribution in [3.63, 3.8) is 0 Å². The Labute approximate surface area is 106 Å². The van der Waals surface area contributed by atoms with Gasteiger partial charge in [0.25, 0.3) is 0 Å². The number of aromatic nitrogens is 2. The van der Waals surface area contributed by atoms with Crippen LogP contribution in [0.4, 0.5) is 0 Å². The summed E-state index contributed by atoms with van der Waals surface area (Å²) in [6.07, 6.45) is 2.75. The van der Waals surface area contributed by atoms with Crippen molar-refractivity contribution in [3.8, 4) is 0 Å². The highest BCUT2D eigenvalue weighted by Crippen LogP contribution is 2.17. The summed E-state index contributed by atoms with van der Waals surface area (Å²) < 4.78 is 6.72. The van der Waals surface area contributed by atoms with Crippen LogP contribution >= 0.6 is 0 Å². The second-order valence-corrected chi connectivity index (χ2v) is 3.99. The van der Waals surface area contributed by atoms with Gasteiger partial charge >= 0.3 is 5.97 Å². The quantitative estimate of drug-likeness (QED) is 0.599. The molecule has 1 heterocycles. The minimum atomic E-state index is -0.216.